The summed E-state index contributed by atoms with van der Waals surface area (Å²) in [4.78, 5) is 22.4. The van der Waals surface area contributed by atoms with Gasteiger partial charge in [0.15, 0.2) is 0 Å². The van der Waals surface area contributed by atoms with Gasteiger partial charge in [0, 0.05) is 33.3 Å². The average Bonchev–Trinajstić information content (AvgIpc) is 2.37. The lowest BCUT2D eigenvalue weighted by Gasteiger charge is -2.14. The Morgan fingerprint density at radius 2 is 1.85 bits per heavy atom. The van der Waals surface area contributed by atoms with E-state index in [0.717, 1.165) is 6.42 Å². The van der Waals surface area contributed by atoms with E-state index in [2.05, 4.69) is 24.5 Å². The van der Waals surface area contributed by atoms with E-state index in [1.165, 1.54) is 7.11 Å². The topological polar surface area (TPSA) is 96.9 Å². The number of carboxylic acids is 1. The number of hydrogen-bond donors (Lipinski definition) is 3. The molecular weight excluding hydrogens is 264 g/mol. The van der Waals surface area contributed by atoms with Crippen LogP contribution in [-0.2, 0) is 14.3 Å². The zero-order valence-corrected chi connectivity index (χ0v) is 12.5. The molecule has 0 aliphatic rings. The van der Waals surface area contributed by atoms with Crippen LogP contribution in [0.4, 0.5) is 4.79 Å². The highest BCUT2D eigenvalue weighted by Crippen LogP contribution is 1.98. The van der Waals surface area contributed by atoms with E-state index in [4.69, 9.17) is 14.6 Å². The molecule has 0 spiro atoms. The lowest BCUT2D eigenvalue weighted by Crippen LogP contribution is -2.47. The van der Waals surface area contributed by atoms with Crippen LogP contribution in [0.25, 0.3) is 0 Å². The first-order chi connectivity index (χ1) is 9.47. The van der Waals surface area contributed by atoms with Crippen molar-refractivity contribution in [1.29, 1.82) is 0 Å². The van der Waals surface area contributed by atoms with Crippen molar-refractivity contribution < 1.29 is 24.2 Å². The molecule has 0 saturated carbocycles. The third-order valence-corrected chi connectivity index (χ3v) is 2.59. The number of carboxylic acid groups (broad SMARTS) is 1. The van der Waals surface area contributed by atoms with Gasteiger partial charge in [-0.15, -0.1) is 0 Å². The number of hydrogen-bond acceptors (Lipinski definition) is 4. The third kappa shape index (κ3) is 10.6. The second-order valence-corrected chi connectivity index (χ2v) is 4.87. The first-order valence-corrected chi connectivity index (χ1v) is 6.81. The minimum Gasteiger partial charge on any atom is -0.480 e. The quantitative estimate of drug-likeness (QED) is 0.490. The van der Waals surface area contributed by atoms with Crippen molar-refractivity contribution in [3.63, 3.8) is 0 Å². The standard InChI is InChI=1S/C13H26N2O5/c1-10(2)4-8-20-9-6-14-13(18)15-11(12(16)17)5-7-19-3/h10-11H,4-9H2,1-3H3,(H,16,17)(H2,14,15,18). The largest absolute Gasteiger partial charge is 0.480 e. The summed E-state index contributed by atoms with van der Waals surface area (Å²) in [5.74, 6) is -0.492. The normalized spacial score (nSPS) is 12.2. The Kier molecular flexibility index (Phi) is 10.7. The Balaban J connectivity index is 3.71. The third-order valence-electron chi connectivity index (χ3n) is 2.59. The first-order valence-electron chi connectivity index (χ1n) is 6.81. The molecule has 0 aliphatic heterocycles. The van der Waals surface area contributed by atoms with Crippen LogP contribution in [0.2, 0.25) is 0 Å². The maximum atomic E-state index is 11.5. The SMILES string of the molecule is COCCC(NC(=O)NCCOCCC(C)C)C(=O)O. The predicted octanol–water partition coefficient (Wildman–Crippen LogP) is 0.838. The number of urea groups is 1. The number of carbonyl (C=O) groups is 2. The summed E-state index contributed by atoms with van der Waals surface area (Å²) < 4.78 is 10.1. The summed E-state index contributed by atoms with van der Waals surface area (Å²) in [6.07, 6.45) is 1.20. The van der Waals surface area contributed by atoms with Crippen LogP contribution in [0.15, 0.2) is 0 Å². The number of nitrogens with one attached hydrogen (secondary N) is 2. The van der Waals surface area contributed by atoms with Gasteiger partial charge in [-0.2, -0.15) is 0 Å². The predicted molar refractivity (Wildman–Crippen MR) is 74.7 cm³/mol. The summed E-state index contributed by atoms with van der Waals surface area (Å²) in [6.45, 7) is 5.92. The van der Waals surface area contributed by atoms with Crippen molar-refractivity contribution in [3.8, 4) is 0 Å². The number of ether oxygens (including phenoxy) is 2. The zero-order valence-electron chi connectivity index (χ0n) is 12.5. The Bertz CT molecular complexity index is 284. The van der Waals surface area contributed by atoms with Gasteiger partial charge >= 0.3 is 12.0 Å². The van der Waals surface area contributed by atoms with E-state index in [0.29, 0.717) is 25.7 Å². The van der Waals surface area contributed by atoms with Crippen LogP contribution in [0.3, 0.4) is 0 Å². The van der Waals surface area contributed by atoms with Gasteiger partial charge in [0.25, 0.3) is 0 Å². The summed E-state index contributed by atoms with van der Waals surface area (Å²) in [5.41, 5.74) is 0. The summed E-state index contributed by atoms with van der Waals surface area (Å²) in [7, 11) is 1.48. The Morgan fingerprint density at radius 3 is 2.40 bits per heavy atom. The molecule has 0 radical (unpaired) electrons. The van der Waals surface area contributed by atoms with Crippen molar-refractivity contribution in [2.24, 2.45) is 5.92 Å². The minimum absolute atomic E-state index is 0.226. The van der Waals surface area contributed by atoms with E-state index in [1.807, 2.05) is 0 Å². The Hall–Kier alpha value is -1.34. The molecule has 0 aromatic carbocycles. The molecule has 7 nitrogen and oxygen atoms in total. The van der Waals surface area contributed by atoms with E-state index in [1.54, 1.807) is 0 Å². The van der Waals surface area contributed by atoms with E-state index in [9.17, 15) is 9.59 Å². The molecular formula is C13H26N2O5. The highest BCUT2D eigenvalue weighted by Gasteiger charge is 2.19. The van der Waals surface area contributed by atoms with Crippen LogP contribution < -0.4 is 10.6 Å². The molecule has 0 aromatic heterocycles. The number of amides is 2. The summed E-state index contributed by atoms with van der Waals surface area (Å²) in [5, 5.41) is 13.8. The Labute approximate surface area is 120 Å². The minimum atomic E-state index is -1.08. The highest BCUT2D eigenvalue weighted by atomic mass is 16.5. The van der Waals surface area contributed by atoms with Gasteiger partial charge in [0.2, 0.25) is 0 Å². The van der Waals surface area contributed by atoms with Crippen LogP contribution >= 0.6 is 0 Å². The smallest absolute Gasteiger partial charge is 0.326 e. The van der Waals surface area contributed by atoms with Crippen LogP contribution in [-0.4, -0.2) is 56.6 Å². The van der Waals surface area contributed by atoms with E-state index < -0.39 is 18.0 Å². The second-order valence-electron chi connectivity index (χ2n) is 4.87. The number of rotatable bonds is 11. The molecule has 3 N–H and O–H groups in total. The van der Waals surface area contributed by atoms with Crippen molar-refractivity contribution in [3.05, 3.63) is 0 Å². The van der Waals surface area contributed by atoms with Crippen molar-refractivity contribution >= 4 is 12.0 Å². The van der Waals surface area contributed by atoms with Crippen molar-refractivity contribution in [2.75, 3.05) is 33.5 Å². The molecule has 1 atom stereocenters. The van der Waals surface area contributed by atoms with Gasteiger partial charge < -0.3 is 25.2 Å². The molecule has 0 saturated heterocycles. The molecule has 118 valence electrons. The Morgan fingerprint density at radius 1 is 1.15 bits per heavy atom. The van der Waals surface area contributed by atoms with Crippen LogP contribution in [0.5, 0.6) is 0 Å². The van der Waals surface area contributed by atoms with Crippen molar-refractivity contribution in [1.82, 2.24) is 10.6 Å². The van der Waals surface area contributed by atoms with Crippen molar-refractivity contribution in [2.45, 2.75) is 32.7 Å². The zero-order chi connectivity index (χ0) is 15.4. The molecule has 0 rings (SSSR count). The fourth-order valence-electron chi connectivity index (χ4n) is 1.36. The maximum Gasteiger partial charge on any atom is 0.326 e. The maximum absolute atomic E-state index is 11.5. The number of carbonyl (C=O) groups excluding carboxylic acids is 1. The fraction of sp³-hybridized carbons (Fsp3) is 0.846. The average molecular weight is 290 g/mol. The molecule has 0 heterocycles. The van der Waals surface area contributed by atoms with Crippen LogP contribution in [0, 0.1) is 5.92 Å². The summed E-state index contributed by atoms with van der Waals surface area (Å²) in [6, 6.07) is -1.46. The van der Waals surface area contributed by atoms with Gasteiger partial charge in [-0.25, -0.2) is 9.59 Å². The van der Waals surface area contributed by atoms with E-state index >= 15 is 0 Å². The van der Waals surface area contributed by atoms with E-state index in [-0.39, 0.29) is 13.0 Å². The number of aliphatic carboxylic acids is 1. The van der Waals surface area contributed by atoms with Gasteiger partial charge in [0.1, 0.15) is 6.04 Å². The van der Waals surface area contributed by atoms with Gasteiger partial charge in [-0.05, 0) is 12.3 Å². The molecule has 1 unspecified atom stereocenters. The van der Waals surface area contributed by atoms with Gasteiger partial charge in [0.05, 0.1) is 6.61 Å². The molecule has 7 heteroatoms. The molecule has 20 heavy (non-hydrogen) atoms. The monoisotopic (exact) mass is 290 g/mol. The molecule has 0 aromatic rings. The van der Waals surface area contributed by atoms with Crippen LogP contribution in [0.1, 0.15) is 26.7 Å². The molecule has 2 amide bonds. The lowest BCUT2D eigenvalue weighted by atomic mass is 10.1. The van der Waals surface area contributed by atoms with Gasteiger partial charge in [-0.3, -0.25) is 0 Å². The first kappa shape index (κ1) is 18.7. The highest BCUT2D eigenvalue weighted by molar-refractivity contribution is 5.82. The molecule has 0 fully saturated rings. The summed E-state index contributed by atoms with van der Waals surface area (Å²) >= 11 is 0. The fourth-order valence-corrected chi connectivity index (χ4v) is 1.36. The number of methoxy groups -OCH3 is 1. The lowest BCUT2D eigenvalue weighted by molar-refractivity contribution is -0.139. The molecule has 0 aliphatic carbocycles. The molecule has 0 bridgehead atoms. The second kappa shape index (κ2) is 11.5. The van der Waals surface area contributed by atoms with Gasteiger partial charge in [-0.1, -0.05) is 13.8 Å².